The summed E-state index contributed by atoms with van der Waals surface area (Å²) in [6, 6.07) is 0. The fourth-order valence-electron chi connectivity index (χ4n) is 4.28. The molecule has 2 aliphatic rings. The molecule has 0 amide bonds. The van der Waals surface area contributed by atoms with Crippen molar-refractivity contribution >= 4 is 10.1 Å². The smallest absolute Gasteiger partial charge is 0.0981 e. The van der Waals surface area contributed by atoms with Crippen LogP contribution in [-0.2, 0) is 10.1 Å². The van der Waals surface area contributed by atoms with E-state index in [1.54, 1.807) is 0 Å². The Morgan fingerprint density at radius 2 is 1.56 bits per heavy atom. The molecular weight excluding hydrogens is 248 g/mol. The van der Waals surface area contributed by atoms with Gasteiger partial charge < -0.3 is 4.55 Å². The molecule has 3 nitrogen and oxygen atoms in total. The largest absolute Gasteiger partial charge is 0.748 e. The molecule has 0 heterocycles. The van der Waals surface area contributed by atoms with Crippen molar-refractivity contribution in [2.24, 2.45) is 17.3 Å². The van der Waals surface area contributed by atoms with E-state index in [9.17, 15) is 13.0 Å². The lowest BCUT2D eigenvalue weighted by Crippen LogP contribution is -2.28. The van der Waals surface area contributed by atoms with Gasteiger partial charge in [0.1, 0.15) is 0 Å². The summed E-state index contributed by atoms with van der Waals surface area (Å²) in [5.41, 5.74) is -0.126. The fraction of sp³-hybridized carbons (Fsp3) is 1.00. The van der Waals surface area contributed by atoms with Crippen molar-refractivity contribution in [1.82, 2.24) is 0 Å². The normalized spacial score (nSPS) is 40.1. The van der Waals surface area contributed by atoms with E-state index < -0.39 is 15.4 Å². The molecule has 0 aromatic rings. The van der Waals surface area contributed by atoms with Gasteiger partial charge in [-0.05, 0) is 42.9 Å². The van der Waals surface area contributed by atoms with Crippen LogP contribution < -0.4 is 0 Å². The van der Waals surface area contributed by atoms with E-state index in [0.717, 1.165) is 25.7 Å². The van der Waals surface area contributed by atoms with Crippen LogP contribution in [0.5, 0.6) is 0 Å². The first-order valence-corrected chi connectivity index (χ1v) is 8.83. The Kier molecular flexibility index (Phi) is 4.07. The second-order valence-electron chi connectivity index (χ2n) is 6.50. The summed E-state index contributed by atoms with van der Waals surface area (Å²) in [5.74, 6) is 1.29. The summed E-state index contributed by atoms with van der Waals surface area (Å²) in [7, 11) is -4.06. The molecule has 0 aromatic heterocycles. The Bertz CT molecular complexity index is 374. The van der Waals surface area contributed by atoms with Crippen molar-refractivity contribution in [3.63, 3.8) is 0 Å². The van der Waals surface area contributed by atoms with E-state index in [4.69, 9.17) is 0 Å². The van der Waals surface area contributed by atoms with Crippen LogP contribution in [0.15, 0.2) is 0 Å². The van der Waals surface area contributed by atoms with Gasteiger partial charge in [0.15, 0.2) is 0 Å². The molecule has 1 spiro atoms. The fourth-order valence-corrected chi connectivity index (χ4v) is 5.62. The predicted molar refractivity (Wildman–Crippen MR) is 71.2 cm³/mol. The van der Waals surface area contributed by atoms with Crippen molar-refractivity contribution in [2.75, 3.05) is 0 Å². The Balaban J connectivity index is 2.07. The Morgan fingerprint density at radius 3 is 1.89 bits per heavy atom. The minimum absolute atomic E-state index is 0.126. The molecule has 2 fully saturated rings. The summed E-state index contributed by atoms with van der Waals surface area (Å²) in [4.78, 5) is 0. The quantitative estimate of drug-likeness (QED) is 0.722. The van der Waals surface area contributed by atoms with Crippen LogP contribution in [0.3, 0.4) is 0 Å². The van der Waals surface area contributed by atoms with Crippen molar-refractivity contribution in [1.29, 1.82) is 0 Å². The second kappa shape index (κ2) is 5.12. The van der Waals surface area contributed by atoms with Crippen LogP contribution in [-0.4, -0.2) is 18.2 Å². The van der Waals surface area contributed by atoms with Gasteiger partial charge in [-0.3, -0.25) is 0 Å². The Morgan fingerprint density at radius 1 is 1.06 bits per heavy atom. The molecule has 3 atom stereocenters. The molecule has 0 aliphatic heterocycles. The van der Waals surface area contributed by atoms with Crippen LogP contribution >= 0.6 is 0 Å². The van der Waals surface area contributed by atoms with E-state index in [2.05, 4.69) is 13.8 Å². The number of hydrogen-bond acceptors (Lipinski definition) is 3. The molecule has 2 rings (SSSR count). The third-order valence-electron chi connectivity index (χ3n) is 4.91. The molecule has 0 aromatic carbocycles. The SMILES string of the molecule is CCCC1CC(CCC)CC2(C1)CC2S(=O)(=O)[O-]. The molecular formula is C14H25O3S-. The van der Waals surface area contributed by atoms with Crippen LogP contribution in [0.1, 0.15) is 65.2 Å². The lowest BCUT2D eigenvalue weighted by molar-refractivity contribution is 0.161. The molecule has 0 saturated heterocycles. The van der Waals surface area contributed by atoms with Gasteiger partial charge in [-0.15, -0.1) is 0 Å². The molecule has 3 unspecified atom stereocenters. The maximum atomic E-state index is 11.2. The number of hydrogen-bond donors (Lipinski definition) is 0. The van der Waals surface area contributed by atoms with Crippen molar-refractivity contribution in [2.45, 2.75) is 70.5 Å². The molecule has 0 N–H and O–H groups in total. The minimum Gasteiger partial charge on any atom is -0.748 e. The minimum atomic E-state index is -4.06. The van der Waals surface area contributed by atoms with Crippen LogP contribution in [0.25, 0.3) is 0 Å². The van der Waals surface area contributed by atoms with Crippen LogP contribution in [0.4, 0.5) is 0 Å². The van der Waals surface area contributed by atoms with Gasteiger partial charge in [0.25, 0.3) is 0 Å². The summed E-state index contributed by atoms with van der Waals surface area (Å²) < 4.78 is 33.7. The molecule has 18 heavy (non-hydrogen) atoms. The first kappa shape index (κ1) is 14.3. The topological polar surface area (TPSA) is 57.2 Å². The zero-order valence-corrected chi connectivity index (χ0v) is 12.3. The van der Waals surface area contributed by atoms with E-state index in [0.29, 0.717) is 18.3 Å². The molecule has 0 radical (unpaired) electrons. The van der Waals surface area contributed by atoms with E-state index in [1.807, 2.05) is 0 Å². The first-order valence-electron chi connectivity index (χ1n) is 7.36. The van der Waals surface area contributed by atoms with Gasteiger partial charge in [0.05, 0.1) is 15.4 Å². The maximum Gasteiger partial charge on any atom is 0.0981 e. The zero-order valence-electron chi connectivity index (χ0n) is 11.5. The predicted octanol–water partition coefficient (Wildman–Crippen LogP) is 3.31. The third kappa shape index (κ3) is 2.90. The monoisotopic (exact) mass is 273 g/mol. The average molecular weight is 273 g/mol. The van der Waals surface area contributed by atoms with E-state index >= 15 is 0 Å². The third-order valence-corrected chi connectivity index (χ3v) is 6.28. The highest BCUT2D eigenvalue weighted by Crippen LogP contribution is 2.62. The summed E-state index contributed by atoms with van der Waals surface area (Å²) in [6.07, 6.45) is 8.54. The highest BCUT2D eigenvalue weighted by Gasteiger charge is 2.60. The first-order chi connectivity index (χ1) is 8.41. The second-order valence-corrected chi connectivity index (χ2v) is 8.06. The molecule has 2 aliphatic carbocycles. The van der Waals surface area contributed by atoms with Gasteiger partial charge in [0.2, 0.25) is 0 Å². The van der Waals surface area contributed by atoms with E-state index in [-0.39, 0.29) is 5.41 Å². The highest BCUT2D eigenvalue weighted by atomic mass is 32.2. The lowest BCUT2D eigenvalue weighted by Gasteiger charge is -2.36. The van der Waals surface area contributed by atoms with Crippen molar-refractivity contribution in [3.8, 4) is 0 Å². The zero-order chi connectivity index (χ0) is 13.4. The molecule has 2 saturated carbocycles. The van der Waals surface area contributed by atoms with Gasteiger partial charge >= 0.3 is 0 Å². The van der Waals surface area contributed by atoms with Crippen molar-refractivity contribution < 1.29 is 13.0 Å². The molecule has 106 valence electrons. The average Bonchev–Trinajstić information content (AvgIpc) is 2.92. The Hall–Kier alpha value is -0.0900. The van der Waals surface area contributed by atoms with Gasteiger partial charge in [0, 0.05) is 0 Å². The standard InChI is InChI=1S/C14H26O3S/c1-3-5-11-7-12(6-4-2)9-14(8-11)10-13(14)18(15,16)17/h11-13H,3-10H2,1-2H3,(H,15,16,17)/p-1. The highest BCUT2D eigenvalue weighted by molar-refractivity contribution is 7.86. The van der Waals surface area contributed by atoms with Gasteiger partial charge in [-0.25, -0.2) is 8.42 Å². The maximum absolute atomic E-state index is 11.2. The van der Waals surface area contributed by atoms with Gasteiger partial charge in [-0.1, -0.05) is 39.5 Å². The van der Waals surface area contributed by atoms with Crippen molar-refractivity contribution in [3.05, 3.63) is 0 Å². The molecule has 4 heteroatoms. The van der Waals surface area contributed by atoms with Gasteiger partial charge in [-0.2, -0.15) is 0 Å². The summed E-state index contributed by atoms with van der Waals surface area (Å²) in [5, 5.41) is -0.566. The summed E-state index contributed by atoms with van der Waals surface area (Å²) >= 11 is 0. The lowest BCUT2D eigenvalue weighted by atomic mass is 9.70. The van der Waals surface area contributed by atoms with Crippen LogP contribution in [0, 0.1) is 17.3 Å². The number of rotatable bonds is 5. The summed E-state index contributed by atoms with van der Waals surface area (Å²) in [6.45, 7) is 4.37. The van der Waals surface area contributed by atoms with E-state index in [1.165, 1.54) is 19.3 Å². The molecule has 0 bridgehead atoms. The Labute approximate surface area is 111 Å². The van der Waals surface area contributed by atoms with Crippen LogP contribution in [0.2, 0.25) is 0 Å².